The summed E-state index contributed by atoms with van der Waals surface area (Å²) in [7, 11) is 0. The molecule has 1 aromatic heterocycles. The largest absolute Gasteiger partial charge is 0.416 e. The summed E-state index contributed by atoms with van der Waals surface area (Å²) in [6.07, 6.45) is -0.870. The standard InChI is InChI=1S/C13H11ClF3N5/c14-9-4-1-7(13(15,16)17)5-10(9)20-12-21-11(6-18-22-12)19-8-2-3-8/h1,4-6,8H,2-3H2,(H2,19,20,21,22). The molecule has 1 aliphatic carbocycles. The molecule has 0 radical (unpaired) electrons. The average Bonchev–Trinajstić information content (AvgIpc) is 3.24. The minimum atomic E-state index is -4.45. The Balaban J connectivity index is 1.82. The topological polar surface area (TPSA) is 62.7 Å². The summed E-state index contributed by atoms with van der Waals surface area (Å²) in [6.45, 7) is 0. The molecule has 22 heavy (non-hydrogen) atoms. The van der Waals surface area contributed by atoms with Gasteiger partial charge in [0, 0.05) is 6.04 Å². The zero-order valence-corrected chi connectivity index (χ0v) is 11.9. The SMILES string of the molecule is FC(F)(F)c1ccc(Cl)c(Nc2nncc(NC3CC3)n2)c1. The molecular formula is C13H11ClF3N5. The van der Waals surface area contributed by atoms with E-state index >= 15 is 0 Å². The van der Waals surface area contributed by atoms with Gasteiger partial charge < -0.3 is 10.6 Å². The van der Waals surface area contributed by atoms with Gasteiger partial charge in [0.05, 0.1) is 22.5 Å². The first-order valence-electron chi connectivity index (χ1n) is 6.52. The summed E-state index contributed by atoms with van der Waals surface area (Å²) in [4.78, 5) is 4.15. The fourth-order valence-electron chi connectivity index (χ4n) is 1.78. The van der Waals surface area contributed by atoms with Crippen LogP contribution in [0.4, 0.5) is 30.6 Å². The van der Waals surface area contributed by atoms with Gasteiger partial charge >= 0.3 is 6.18 Å². The average molecular weight is 330 g/mol. The monoisotopic (exact) mass is 329 g/mol. The van der Waals surface area contributed by atoms with E-state index in [2.05, 4.69) is 25.8 Å². The zero-order valence-electron chi connectivity index (χ0n) is 11.2. The van der Waals surface area contributed by atoms with Crippen LogP contribution in [0.3, 0.4) is 0 Å². The van der Waals surface area contributed by atoms with Crippen molar-refractivity contribution in [2.75, 3.05) is 10.6 Å². The van der Waals surface area contributed by atoms with E-state index in [0.717, 1.165) is 25.0 Å². The quantitative estimate of drug-likeness (QED) is 0.891. The Kier molecular flexibility index (Phi) is 3.78. The zero-order chi connectivity index (χ0) is 15.7. The lowest BCUT2D eigenvalue weighted by Crippen LogP contribution is -2.08. The van der Waals surface area contributed by atoms with Crippen molar-refractivity contribution in [3.05, 3.63) is 35.0 Å². The Morgan fingerprint density at radius 3 is 2.68 bits per heavy atom. The second-order valence-corrected chi connectivity index (χ2v) is 5.31. The molecule has 116 valence electrons. The summed E-state index contributed by atoms with van der Waals surface area (Å²) in [5.41, 5.74) is -0.735. The highest BCUT2D eigenvalue weighted by Crippen LogP contribution is 2.34. The fraction of sp³-hybridized carbons (Fsp3) is 0.308. The molecule has 9 heteroatoms. The first-order valence-corrected chi connectivity index (χ1v) is 6.89. The molecule has 1 aromatic carbocycles. The molecule has 1 saturated carbocycles. The number of hydrogen-bond donors (Lipinski definition) is 2. The molecule has 1 heterocycles. The van der Waals surface area contributed by atoms with Crippen molar-refractivity contribution in [2.45, 2.75) is 25.1 Å². The molecule has 5 nitrogen and oxygen atoms in total. The Morgan fingerprint density at radius 1 is 1.23 bits per heavy atom. The smallest absolute Gasteiger partial charge is 0.366 e. The number of halogens is 4. The minimum absolute atomic E-state index is 0.0712. The van der Waals surface area contributed by atoms with Crippen molar-refractivity contribution in [1.29, 1.82) is 0 Å². The molecule has 0 spiro atoms. The van der Waals surface area contributed by atoms with Crippen molar-refractivity contribution >= 4 is 29.1 Å². The van der Waals surface area contributed by atoms with Gasteiger partial charge in [0.25, 0.3) is 0 Å². The summed E-state index contributed by atoms with van der Waals surface area (Å²) in [6, 6.07) is 3.37. The number of alkyl halides is 3. The predicted molar refractivity (Wildman–Crippen MR) is 76.2 cm³/mol. The maximum Gasteiger partial charge on any atom is 0.416 e. The summed E-state index contributed by atoms with van der Waals surface area (Å²) in [5.74, 6) is 0.593. The van der Waals surface area contributed by atoms with E-state index in [1.165, 1.54) is 12.3 Å². The van der Waals surface area contributed by atoms with Gasteiger partial charge in [-0.2, -0.15) is 23.3 Å². The van der Waals surface area contributed by atoms with E-state index < -0.39 is 11.7 Å². The van der Waals surface area contributed by atoms with Crippen LogP contribution in [0.2, 0.25) is 5.02 Å². The number of aromatic nitrogens is 3. The first-order chi connectivity index (χ1) is 10.4. The number of benzene rings is 1. The van der Waals surface area contributed by atoms with Gasteiger partial charge in [-0.05, 0) is 31.0 Å². The summed E-state index contributed by atoms with van der Waals surface area (Å²) in [5, 5.41) is 13.4. The Bertz CT molecular complexity index is 688. The highest BCUT2D eigenvalue weighted by atomic mass is 35.5. The Labute approximate surface area is 128 Å². The van der Waals surface area contributed by atoms with Crippen molar-refractivity contribution in [3.63, 3.8) is 0 Å². The van der Waals surface area contributed by atoms with E-state index in [1.54, 1.807) is 0 Å². The van der Waals surface area contributed by atoms with E-state index in [-0.39, 0.29) is 16.7 Å². The van der Waals surface area contributed by atoms with Gasteiger partial charge in [-0.1, -0.05) is 11.6 Å². The Hall–Kier alpha value is -2.09. The van der Waals surface area contributed by atoms with Gasteiger partial charge in [0.1, 0.15) is 0 Å². The van der Waals surface area contributed by atoms with E-state index in [4.69, 9.17) is 11.6 Å². The molecule has 3 rings (SSSR count). The van der Waals surface area contributed by atoms with Crippen molar-refractivity contribution in [3.8, 4) is 0 Å². The third kappa shape index (κ3) is 3.56. The molecule has 0 bridgehead atoms. The predicted octanol–water partition coefficient (Wildman–Crippen LogP) is 3.86. The lowest BCUT2D eigenvalue weighted by Gasteiger charge is -2.11. The van der Waals surface area contributed by atoms with Crippen LogP contribution in [0.15, 0.2) is 24.4 Å². The van der Waals surface area contributed by atoms with Gasteiger partial charge in [-0.25, -0.2) is 0 Å². The molecule has 1 fully saturated rings. The van der Waals surface area contributed by atoms with Crippen LogP contribution in [0.25, 0.3) is 0 Å². The van der Waals surface area contributed by atoms with Gasteiger partial charge in [0.2, 0.25) is 5.95 Å². The Morgan fingerprint density at radius 2 is 2.00 bits per heavy atom. The molecule has 2 aromatic rings. The number of nitrogens with zero attached hydrogens (tertiary/aromatic N) is 3. The van der Waals surface area contributed by atoms with Crippen molar-refractivity contribution in [2.24, 2.45) is 0 Å². The number of rotatable bonds is 4. The summed E-state index contributed by atoms with van der Waals surface area (Å²) < 4.78 is 38.2. The van der Waals surface area contributed by atoms with Crippen LogP contribution in [0, 0.1) is 0 Å². The second-order valence-electron chi connectivity index (χ2n) is 4.90. The van der Waals surface area contributed by atoms with Crippen molar-refractivity contribution < 1.29 is 13.2 Å². The van der Waals surface area contributed by atoms with Gasteiger partial charge in [-0.3, -0.25) is 0 Å². The minimum Gasteiger partial charge on any atom is -0.366 e. The molecule has 0 atom stereocenters. The molecule has 0 aliphatic heterocycles. The number of anilines is 3. The van der Waals surface area contributed by atoms with Crippen LogP contribution in [-0.4, -0.2) is 21.2 Å². The maximum absolute atomic E-state index is 12.7. The molecule has 1 aliphatic rings. The number of hydrogen-bond acceptors (Lipinski definition) is 5. The first kappa shape index (κ1) is 14.8. The molecule has 2 N–H and O–H groups in total. The van der Waals surface area contributed by atoms with Gasteiger partial charge in [-0.15, -0.1) is 5.10 Å². The molecule has 0 amide bonds. The van der Waals surface area contributed by atoms with Crippen LogP contribution < -0.4 is 10.6 Å². The van der Waals surface area contributed by atoms with Crippen molar-refractivity contribution in [1.82, 2.24) is 15.2 Å². The van der Waals surface area contributed by atoms with E-state index in [1.807, 2.05) is 0 Å². The normalized spacial score (nSPS) is 14.7. The molecule has 0 saturated heterocycles. The lowest BCUT2D eigenvalue weighted by molar-refractivity contribution is -0.137. The fourth-order valence-corrected chi connectivity index (χ4v) is 1.95. The van der Waals surface area contributed by atoms with Gasteiger partial charge in [0.15, 0.2) is 5.82 Å². The molecule has 0 unspecified atom stereocenters. The highest BCUT2D eigenvalue weighted by Gasteiger charge is 2.31. The second kappa shape index (κ2) is 5.60. The number of nitrogens with one attached hydrogen (secondary N) is 2. The van der Waals surface area contributed by atoms with E-state index in [9.17, 15) is 13.2 Å². The third-order valence-corrected chi connectivity index (χ3v) is 3.36. The molecular weight excluding hydrogens is 319 g/mol. The highest BCUT2D eigenvalue weighted by molar-refractivity contribution is 6.33. The lowest BCUT2D eigenvalue weighted by atomic mass is 10.2. The van der Waals surface area contributed by atoms with Crippen LogP contribution >= 0.6 is 11.6 Å². The van der Waals surface area contributed by atoms with Crippen LogP contribution in [0.1, 0.15) is 18.4 Å². The van der Waals surface area contributed by atoms with Crippen LogP contribution in [-0.2, 0) is 6.18 Å². The summed E-state index contributed by atoms with van der Waals surface area (Å²) >= 11 is 5.91. The maximum atomic E-state index is 12.7. The van der Waals surface area contributed by atoms with E-state index in [0.29, 0.717) is 11.9 Å². The van der Waals surface area contributed by atoms with Crippen LogP contribution in [0.5, 0.6) is 0 Å². The third-order valence-electron chi connectivity index (χ3n) is 3.03.